The molecule has 0 unspecified atom stereocenters. The number of rotatable bonds is 7. The van der Waals surface area contributed by atoms with E-state index in [2.05, 4.69) is 32.9 Å². The van der Waals surface area contributed by atoms with Gasteiger partial charge in [-0.2, -0.15) is 0 Å². The van der Waals surface area contributed by atoms with E-state index < -0.39 is 0 Å². The van der Waals surface area contributed by atoms with Gasteiger partial charge in [0.25, 0.3) is 0 Å². The van der Waals surface area contributed by atoms with Crippen LogP contribution >= 0.6 is 11.3 Å². The van der Waals surface area contributed by atoms with Crippen molar-refractivity contribution in [3.8, 4) is 0 Å². The Balaban J connectivity index is 1.58. The SMILES string of the molecule is CN=C(NCCCNC(=O)C1CCC1)NCc1nc(C)c(C)s1. The molecular weight excluding hydrogens is 310 g/mol. The molecule has 1 aromatic rings. The molecule has 7 heteroatoms. The molecular formula is C16H27N5OS. The van der Waals surface area contributed by atoms with Gasteiger partial charge in [-0.1, -0.05) is 6.42 Å². The van der Waals surface area contributed by atoms with Gasteiger partial charge in [-0.25, -0.2) is 4.98 Å². The van der Waals surface area contributed by atoms with E-state index in [1.165, 1.54) is 11.3 Å². The fraction of sp³-hybridized carbons (Fsp3) is 0.688. The molecule has 1 fully saturated rings. The molecule has 1 aliphatic rings. The summed E-state index contributed by atoms with van der Waals surface area (Å²) in [4.78, 5) is 21.7. The minimum atomic E-state index is 0.216. The van der Waals surface area contributed by atoms with Gasteiger partial charge in [0, 0.05) is 30.9 Å². The maximum atomic E-state index is 11.7. The number of carbonyl (C=O) groups excluding carboxylic acids is 1. The molecule has 1 aromatic heterocycles. The van der Waals surface area contributed by atoms with Crippen molar-refractivity contribution in [3.63, 3.8) is 0 Å². The van der Waals surface area contributed by atoms with Gasteiger partial charge in [-0.05, 0) is 33.1 Å². The molecule has 23 heavy (non-hydrogen) atoms. The van der Waals surface area contributed by atoms with Crippen LogP contribution in [0, 0.1) is 19.8 Å². The number of aromatic nitrogens is 1. The van der Waals surface area contributed by atoms with Gasteiger partial charge < -0.3 is 16.0 Å². The zero-order chi connectivity index (χ0) is 16.7. The molecule has 1 aliphatic carbocycles. The van der Waals surface area contributed by atoms with Gasteiger partial charge in [0.2, 0.25) is 5.91 Å². The minimum absolute atomic E-state index is 0.216. The normalized spacial score (nSPS) is 15.2. The first-order chi connectivity index (χ1) is 11.1. The Morgan fingerprint density at radius 3 is 2.57 bits per heavy atom. The predicted molar refractivity (Wildman–Crippen MR) is 94.8 cm³/mol. The number of nitrogens with zero attached hydrogens (tertiary/aromatic N) is 2. The Morgan fingerprint density at radius 1 is 1.26 bits per heavy atom. The summed E-state index contributed by atoms with van der Waals surface area (Å²) in [7, 11) is 1.76. The summed E-state index contributed by atoms with van der Waals surface area (Å²) in [6.07, 6.45) is 4.18. The highest BCUT2D eigenvalue weighted by molar-refractivity contribution is 7.11. The van der Waals surface area contributed by atoms with Crippen molar-refractivity contribution >= 4 is 23.2 Å². The lowest BCUT2D eigenvalue weighted by Gasteiger charge is -2.24. The summed E-state index contributed by atoms with van der Waals surface area (Å²) in [5.74, 6) is 1.25. The fourth-order valence-electron chi connectivity index (χ4n) is 2.32. The number of hydrogen-bond donors (Lipinski definition) is 3. The molecule has 0 spiro atoms. The van der Waals surface area contributed by atoms with Crippen molar-refractivity contribution < 1.29 is 4.79 Å². The molecule has 0 bridgehead atoms. The second-order valence-corrected chi connectivity index (χ2v) is 7.16. The molecule has 0 atom stereocenters. The van der Waals surface area contributed by atoms with Gasteiger partial charge in [-0.15, -0.1) is 11.3 Å². The van der Waals surface area contributed by atoms with Crippen LogP contribution in [0.3, 0.4) is 0 Å². The number of guanidine groups is 1. The highest BCUT2D eigenvalue weighted by Crippen LogP contribution is 2.25. The third-order valence-electron chi connectivity index (χ3n) is 4.12. The number of thiazole rings is 1. The standard InChI is InChI=1S/C16H27N5OS/c1-11-12(2)23-14(21-11)10-20-16(17-3)19-9-5-8-18-15(22)13-6-4-7-13/h13H,4-10H2,1-3H3,(H,18,22)(H2,17,19,20). The van der Waals surface area contributed by atoms with Crippen molar-refractivity contribution in [2.75, 3.05) is 20.1 Å². The van der Waals surface area contributed by atoms with Crippen molar-refractivity contribution in [1.29, 1.82) is 0 Å². The van der Waals surface area contributed by atoms with E-state index >= 15 is 0 Å². The maximum absolute atomic E-state index is 11.7. The highest BCUT2D eigenvalue weighted by Gasteiger charge is 2.24. The van der Waals surface area contributed by atoms with Crippen molar-refractivity contribution in [3.05, 3.63) is 15.6 Å². The lowest BCUT2D eigenvalue weighted by atomic mass is 9.85. The molecule has 2 rings (SSSR count). The van der Waals surface area contributed by atoms with Crippen LogP contribution in [0.25, 0.3) is 0 Å². The minimum Gasteiger partial charge on any atom is -0.356 e. The number of amides is 1. The van der Waals surface area contributed by atoms with Gasteiger partial charge in [0.15, 0.2) is 5.96 Å². The molecule has 1 heterocycles. The zero-order valence-electron chi connectivity index (χ0n) is 14.2. The number of aryl methyl sites for hydroxylation is 2. The van der Waals surface area contributed by atoms with E-state index in [0.29, 0.717) is 13.1 Å². The number of carbonyl (C=O) groups is 1. The monoisotopic (exact) mass is 337 g/mol. The second-order valence-electron chi connectivity index (χ2n) is 5.87. The molecule has 1 amide bonds. The summed E-state index contributed by atoms with van der Waals surface area (Å²) in [6, 6.07) is 0. The zero-order valence-corrected chi connectivity index (χ0v) is 15.1. The van der Waals surface area contributed by atoms with Crippen LogP contribution in [0.4, 0.5) is 0 Å². The van der Waals surface area contributed by atoms with Crippen molar-refractivity contribution in [2.24, 2.45) is 10.9 Å². The van der Waals surface area contributed by atoms with Crippen molar-refractivity contribution in [1.82, 2.24) is 20.9 Å². The maximum Gasteiger partial charge on any atom is 0.223 e. The van der Waals surface area contributed by atoms with Crippen LogP contribution in [-0.4, -0.2) is 37.0 Å². The third kappa shape index (κ3) is 5.49. The number of nitrogens with one attached hydrogen (secondary N) is 3. The summed E-state index contributed by atoms with van der Waals surface area (Å²) in [5, 5.41) is 10.6. The van der Waals surface area contributed by atoms with Crippen LogP contribution in [0.1, 0.15) is 41.3 Å². The predicted octanol–water partition coefficient (Wildman–Crippen LogP) is 1.73. The third-order valence-corrected chi connectivity index (χ3v) is 5.20. The Kier molecular flexibility index (Phi) is 6.83. The van der Waals surface area contributed by atoms with Crippen LogP contribution < -0.4 is 16.0 Å². The van der Waals surface area contributed by atoms with E-state index in [1.54, 1.807) is 18.4 Å². The molecule has 128 valence electrons. The number of aliphatic imine (C=N–C) groups is 1. The lowest BCUT2D eigenvalue weighted by molar-refractivity contribution is -0.127. The van der Waals surface area contributed by atoms with Gasteiger partial charge in [-0.3, -0.25) is 9.79 Å². The van der Waals surface area contributed by atoms with E-state index in [9.17, 15) is 4.79 Å². The first kappa shape index (κ1) is 17.7. The lowest BCUT2D eigenvalue weighted by Crippen LogP contribution is -2.39. The molecule has 6 nitrogen and oxygen atoms in total. The average molecular weight is 337 g/mol. The van der Waals surface area contributed by atoms with Crippen LogP contribution in [0.2, 0.25) is 0 Å². The number of hydrogen-bond acceptors (Lipinski definition) is 4. The van der Waals surface area contributed by atoms with E-state index in [4.69, 9.17) is 0 Å². The van der Waals surface area contributed by atoms with Crippen LogP contribution in [-0.2, 0) is 11.3 Å². The molecule has 0 aliphatic heterocycles. The van der Waals surface area contributed by atoms with E-state index in [-0.39, 0.29) is 11.8 Å². The van der Waals surface area contributed by atoms with E-state index in [0.717, 1.165) is 42.5 Å². The highest BCUT2D eigenvalue weighted by atomic mass is 32.1. The topological polar surface area (TPSA) is 78.4 Å². The summed E-state index contributed by atoms with van der Waals surface area (Å²) in [5.41, 5.74) is 1.09. The molecule has 0 aromatic carbocycles. The fourth-order valence-corrected chi connectivity index (χ4v) is 3.19. The first-order valence-corrected chi connectivity index (χ1v) is 9.07. The molecule has 0 saturated heterocycles. The Hall–Kier alpha value is -1.63. The smallest absolute Gasteiger partial charge is 0.223 e. The Morgan fingerprint density at radius 2 is 2.00 bits per heavy atom. The largest absolute Gasteiger partial charge is 0.356 e. The Bertz CT molecular complexity index is 531. The van der Waals surface area contributed by atoms with Gasteiger partial charge in [0.05, 0.1) is 12.2 Å². The quantitative estimate of drug-likeness (QED) is 0.402. The first-order valence-electron chi connectivity index (χ1n) is 8.25. The van der Waals surface area contributed by atoms with Crippen LogP contribution in [0.15, 0.2) is 4.99 Å². The average Bonchev–Trinajstić information content (AvgIpc) is 2.78. The Labute approximate surface area is 142 Å². The van der Waals surface area contributed by atoms with Crippen molar-refractivity contribution in [2.45, 2.75) is 46.1 Å². The summed E-state index contributed by atoms with van der Waals surface area (Å²) in [6.45, 7) is 6.28. The van der Waals surface area contributed by atoms with Gasteiger partial charge >= 0.3 is 0 Å². The molecule has 3 N–H and O–H groups in total. The van der Waals surface area contributed by atoms with Crippen LogP contribution in [0.5, 0.6) is 0 Å². The van der Waals surface area contributed by atoms with Gasteiger partial charge in [0.1, 0.15) is 5.01 Å². The molecule has 1 saturated carbocycles. The second kappa shape index (κ2) is 8.86. The van der Waals surface area contributed by atoms with E-state index in [1.807, 2.05) is 6.92 Å². The summed E-state index contributed by atoms with van der Waals surface area (Å²) < 4.78 is 0. The summed E-state index contributed by atoms with van der Waals surface area (Å²) >= 11 is 1.71. The molecule has 0 radical (unpaired) electrons.